The van der Waals surface area contributed by atoms with Gasteiger partial charge in [0.1, 0.15) is 0 Å². The van der Waals surface area contributed by atoms with E-state index < -0.39 is 29.3 Å². The third-order valence-electron chi connectivity index (χ3n) is 6.50. The second-order valence-electron chi connectivity index (χ2n) is 8.00. The monoisotopic (exact) mass is 421 g/mol. The second-order valence-corrected chi connectivity index (χ2v) is 8.00. The Hall–Kier alpha value is -3.59. The summed E-state index contributed by atoms with van der Waals surface area (Å²) in [7, 11) is 0. The van der Waals surface area contributed by atoms with Crippen LogP contribution in [0.3, 0.4) is 0 Å². The van der Waals surface area contributed by atoms with E-state index in [1.807, 2.05) is 24.3 Å². The number of nitrogens with one attached hydrogen (secondary N) is 1. The number of morpholine rings is 1. The van der Waals surface area contributed by atoms with Crippen molar-refractivity contribution in [1.29, 1.82) is 0 Å². The lowest BCUT2D eigenvalue weighted by Gasteiger charge is -2.53. The zero-order valence-corrected chi connectivity index (χ0v) is 16.5. The molecule has 4 heterocycles. The molecule has 2 aromatic rings. The fourth-order valence-electron chi connectivity index (χ4n) is 5.02. The van der Waals surface area contributed by atoms with E-state index in [9.17, 15) is 14.4 Å². The van der Waals surface area contributed by atoms with Gasteiger partial charge in [0.25, 0.3) is 5.91 Å². The Labute approximate surface area is 177 Å². The van der Waals surface area contributed by atoms with Gasteiger partial charge in [-0.15, -0.1) is 0 Å². The summed E-state index contributed by atoms with van der Waals surface area (Å²) in [4.78, 5) is 43.2. The van der Waals surface area contributed by atoms with Gasteiger partial charge in [0, 0.05) is 18.3 Å². The normalized spacial score (nSPS) is 26.6. The van der Waals surface area contributed by atoms with E-state index in [1.165, 1.54) is 0 Å². The van der Waals surface area contributed by atoms with E-state index in [1.54, 1.807) is 18.2 Å². The zero-order chi connectivity index (χ0) is 21.2. The van der Waals surface area contributed by atoms with Crippen LogP contribution < -0.4 is 24.6 Å². The molecule has 0 unspecified atom stereocenters. The van der Waals surface area contributed by atoms with Crippen molar-refractivity contribution < 1.29 is 28.6 Å². The maximum absolute atomic E-state index is 14.0. The van der Waals surface area contributed by atoms with Crippen LogP contribution in [0.2, 0.25) is 0 Å². The number of amides is 4. The Balaban J connectivity index is 1.48. The van der Waals surface area contributed by atoms with Gasteiger partial charge in [0.15, 0.2) is 16.9 Å². The summed E-state index contributed by atoms with van der Waals surface area (Å²) in [5, 5.41) is 2.42. The van der Waals surface area contributed by atoms with Gasteiger partial charge in [-0.25, -0.2) is 9.69 Å². The van der Waals surface area contributed by atoms with Crippen molar-refractivity contribution >= 4 is 29.2 Å². The lowest BCUT2D eigenvalue weighted by Crippen LogP contribution is -2.74. The molecule has 6 rings (SSSR count). The summed E-state index contributed by atoms with van der Waals surface area (Å²) in [5.41, 5.74) is 0.720. The molecule has 0 aromatic heterocycles. The second kappa shape index (κ2) is 6.45. The fourth-order valence-corrected chi connectivity index (χ4v) is 5.02. The minimum absolute atomic E-state index is 0.0759. The number of imide groups is 2. The highest BCUT2D eigenvalue weighted by Crippen LogP contribution is 2.46. The Bertz CT molecular complexity index is 1130. The molecular formula is C22H19N3O6. The number of benzene rings is 2. The van der Waals surface area contributed by atoms with Crippen LogP contribution in [0.25, 0.3) is 0 Å². The Morgan fingerprint density at radius 1 is 1.03 bits per heavy atom. The number of barbiturate groups is 1. The van der Waals surface area contributed by atoms with E-state index in [4.69, 9.17) is 14.2 Å². The third kappa shape index (κ3) is 2.43. The molecule has 9 nitrogen and oxygen atoms in total. The molecular weight excluding hydrogens is 402 g/mol. The van der Waals surface area contributed by atoms with Gasteiger partial charge in [0.05, 0.1) is 24.9 Å². The molecule has 1 N–H and O–H groups in total. The van der Waals surface area contributed by atoms with Crippen LogP contribution in [0, 0.1) is 5.41 Å². The van der Waals surface area contributed by atoms with E-state index in [-0.39, 0.29) is 19.8 Å². The number of para-hydroxylation sites is 1. The van der Waals surface area contributed by atoms with E-state index in [0.717, 1.165) is 16.2 Å². The molecule has 2 atom stereocenters. The Morgan fingerprint density at radius 2 is 1.87 bits per heavy atom. The highest BCUT2D eigenvalue weighted by atomic mass is 16.7. The Kier molecular flexibility index (Phi) is 3.79. The van der Waals surface area contributed by atoms with Crippen LogP contribution in [0.15, 0.2) is 42.5 Å². The first-order valence-corrected chi connectivity index (χ1v) is 10.1. The van der Waals surface area contributed by atoms with Crippen LogP contribution in [-0.2, 0) is 20.7 Å². The Morgan fingerprint density at radius 3 is 2.77 bits per heavy atom. The van der Waals surface area contributed by atoms with Crippen molar-refractivity contribution in [2.24, 2.45) is 5.41 Å². The molecule has 31 heavy (non-hydrogen) atoms. The number of urea groups is 1. The molecule has 2 aromatic carbocycles. The highest BCUT2D eigenvalue weighted by molar-refractivity contribution is 6.30. The maximum Gasteiger partial charge on any atom is 0.335 e. The largest absolute Gasteiger partial charge is 0.454 e. The van der Waals surface area contributed by atoms with E-state index in [2.05, 4.69) is 10.2 Å². The topological polar surface area (TPSA) is 97.4 Å². The molecule has 4 aliphatic rings. The summed E-state index contributed by atoms with van der Waals surface area (Å²) in [6, 6.07) is 11.3. The lowest BCUT2D eigenvalue weighted by atomic mass is 9.68. The van der Waals surface area contributed by atoms with Gasteiger partial charge in [-0.1, -0.05) is 18.2 Å². The number of ether oxygens (including phenoxy) is 3. The van der Waals surface area contributed by atoms with Crippen LogP contribution in [0.4, 0.5) is 16.2 Å². The molecule has 2 fully saturated rings. The van der Waals surface area contributed by atoms with Crippen LogP contribution in [0.1, 0.15) is 5.56 Å². The summed E-state index contributed by atoms with van der Waals surface area (Å²) < 4.78 is 16.4. The first kappa shape index (κ1) is 18.2. The van der Waals surface area contributed by atoms with Gasteiger partial charge >= 0.3 is 6.03 Å². The van der Waals surface area contributed by atoms with E-state index >= 15 is 0 Å². The number of anilines is 2. The van der Waals surface area contributed by atoms with Crippen molar-refractivity contribution in [3.05, 3.63) is 48.0 Å². The first-order valence-electron chi connectivity index (χ1n) is 10.1. The van der Waals surface area contributed by atoms with Crippen molar-refractivity contribution in [2.75, 3.05) is 36.4 Å². The van der Waals surface area contributed by atoms with Gasteiger partial charge in [0.2, 0.25) is 12.7 Å². The van der Waals surface area contributed by atoms with Crippen LogP contribution in [-0.4, -0.2) is 50.4 Å². The molecule has 4 amide bonds. The van der Waals surface area contributed by atoms with E-state index in [0.29, 0.717) is 30.3 Å². The fraction of sp³-hybridized carbons (Fsp3) is 0.318. The highest BCUT2D eigenvalue weighted by Gasteiger charge is 2.62. The molecule has 0 saturated carbocycles. The van der Waals surface area contributed by atoms with Crippen molar-refractivity contribution in [3.8, 4) is 11.5 Å². The minimum Gasteiger partial charge on any atom is -0.454 e. The van der Waals surface area contributed by atoms with Crippen molar-refractivity contribution in [1.82, 2.24) is 5.32 Å². The van der Waals surface area contributed by atoms with Crippen LogP contribution in [0.5, 0.6) is 11.5 Å². The third-order valence-corrected chi connectivity index (χ3v) is 6.50. The lowest BCUT2D eigenvalue weighted by molar-refractivity contribution is -0.146. The number of nitrogens with zero attached hydrogens (tertiary/aromatic N) is 2. The quantitative estimate of drug-likeness (QED) is 0.696. The standard InChI is InChI=1S/C22H19N3O6/c26-19-22(10-13-3-1-2-4-15(13)24-7-8-29-11-18(22)24)20(27)25(21(28)23-19)14-5-6-16-17(9-14)31-12-30-16/h1-6,9,18H,7-8,10-12H2,(H,23,26,28)/t18-,22-/m1/s1. The number of hydrogen-bond acceptors (Lipinski definition) is 7. The number of carbonyl (C=O) groups excluding carboxylic acids is 3. The predicted octanol–water partition coefficient (Wildman–Crippen LogP) is 1.45. The average Bonchev–Trinajstić information content (AvgIpc) is 3.26. The van der Waals surface area contributed by atoms with Gasteiger partial charge < -0.3 is 19.1 Å². The first-order chi connectivity index (χ1) is 15.1. The number of fused-ring (bicyclic) bond motifs is 5. The van der Waals surface area contributed by atoms with Gasteiger partial charge in [-0.3, -0.25) is 14.9 Å². The smallest absolute Gasteiger partial charge is 0.335 e. The number of carbonyl (C=O) groups is 3. The molecule has 1 spiro atoms. The molecule has 0 bridgehead atoms. The molecule has 4 aliphatic heterocycles. The summed E-state index contributed by atoms with van der Waals surface area (Å²) in [6.45, 7) is 1.35. The SMILES string of the molecule is O=C1NC(=O)[C@]2(Cc3ccccc3N3CCOC[C@@H]32)C(=O)N1c1ccc2c(c1)OCO2. The van der Waals surface area contributed by atoms with Gasteiger partial charge in [-0.2, -0.15) is 0 Å². The molecule has 0 aliphatic carbocycles. The molecule has 0 radical (unpaired) electrons. The minimum atomic E-state index is -1.49. The summed E-state index contributed by atoms with van der Waals surface area (Å²) >= 11 is 0. The number of rotatable bonds is 1. The summed E-state index contributed by atoms with van der Waals surface area (Å²) in [6.07, 6.45) is 0.187. The molecule has 9 heteroatoms. The predicted molar refractivity (Wildman–Crippen MR) is 108 cm³/mol. The summed E-state index contributed by atoms with van der Waals surface area (Å²) in [5.74, 6) is -0.164. The average molecular weight is 421 g/mol. The van der Waals surface area contributed by atoms with Crippen LogP contribution >= 0.6 is 0 Å². The molecule has 2 saturated heterocycles. The molecule has 158 valence electrons. The van der Waals surface area contributed by atoms with Crippen molar-refractivity contribution in [2.45, 2.75) is 12.5 Å². The van der Waals surface area contributed by atoms with Gasteiger partial charge in [-0.05, 0) is 30.2 Å². The van der Waals surface area contributed by atoms with Crippen molar-refractivity contribution in [3.63, 3.8) is 0 Å². The zero-order valence-electron chi connectivity index (χ0n) is 16.5. The number of hydrogen-bond donors (Lipinski definition) is 1. The maximum atomic E-state index is 14.0.